The number of rotatable bonds is 1. The van der Waals surface area contributed by atoms with Gasteiger partial charge in [-0.05, 0) is 55.8 Å². The van der Waals surface area contributed by atoms with Gasteiger partial charge in [0.15, 0.2) is 0 Å². The molecule has 2 aliphatic carbocycles. The largest absolute Gasteiger partial charge is 0.0999 e. The lowest BCUT2D eigenvalue weighted by atomic mass is 9.54. The molecule has 0 spiro atoms. The summed E-state index contributed by atoms with van der Waals surface area (Å²) in [6, 6.07) is 0. The topological polar surface area (TPSA) is 0 Å². The van der Waals surface area contributed by atoms with E-state index in [0.29, 0.717) is 5.41 Å². The Morgan fingerprint density at radius 2 is 2.00 bits per heavy atom. The lowest BCUT2D eigenvalue weighted by Gasteiger charge is -2.51. The standard InChI is InChI=1S/C15H26/c1-11(2)13-7-9-15(4)8-5-6-12(3)14(15)10-13/h12-14H,1,5-10H2,2-4H3/t12?,13-,14-,15-/m1/s1. The van der Waals surface area contributed by atoms with Crippen LogP contribution in [0.3, 0.4) is 0 Å². The van der Waals surface area contributed by atoms with Gasteiger partial charge in [-0.2, -0.15) is 0 Å². The smallest absolute Gasteiger partial charge is 0.0206 e. The molecule has 0 bridgehead atoms. The van der Waals surface area contributed by atoms with Crippen molar-refractivity contribution in [1.29, 1.82) is 0 Å². The van der Waals surface area contributed by atoms with E-state index in [-0.39, 0.29) is 0 Å². The van der Waals surface area contributed by atoms with Gasteiger partial charge in [0.2, 0.25) is 0 Å². The van der Waals surface area contributed by atoms with Crippen LogP contribution in [0, 0.1) is 23.2 Å². The lowest BCUT2D eigenvalue weighted by Crippen LogP contribution is -2.41. The van der Waals surface area contributed by atoms with Gasteiger partial charge in [-0.15, -0.1) is 0 Å². The maximum atomic E-state index is 4.16. The van der Waals surface area contributed by atoms with Crippen LogP contribution in [-0.4, -0.2) is 0 Å². The van der Waals surface area contributed by atoms with Crippen LogP contribution < -0.4 is 0 Å². The van der Waals surface area contributed by atoms with Crippen LogP contribution in [-0.2, 0) is 0 Å². The summed E-state index contributed by atoms with van der Waals surface area (Å²) in [6.45, 7) is 11.4. The van der Waals surface area contributed by atoms with Gasteiger partial charge in [-0.3, -0.25) is 0 Å². The van der Waals surface area contributed by atoms with Gasteiger partial charge in [0.25, 0.3) is 0 Å². The highest BCUT2D eigenvalue weighted by atomic mass is 14.5. The minimum atomic E-state index is 0.670. The highest BCUT2D eigenvalue weighted by molar-refractivity contribution is 5.04. The minimum absolute atomic E-state index is 0.670. The molecule has 2 saturated carbocycles. The van der Waals surface area contributed by atoms with Crippen LogP contribution >= 0.6 is 0 Å². The molecule has 0 saturated heterocycles. The average molecular weight is 206 g/mol. The van der Waals surface area contributed by atoms with Crippen molar-refractivity contribution in [3.8, 4) is 0 Å². The van der Waals surface area contributed by atoms with Crippen molar-refractivity contribution in [2.45, 2.75) is 59.3 Å². The van der Waals surface area contributed by atoms with Crippen LogP contribution in [0.2, 0.25) is 0 Å². The van der Waals surface area contributed by atoms with Gasteiger partial charge < -0.3 is 0 Å². The highest BCUT2D eigenvalue weighted by Crippen LogP contribution is 2.54. The second kappa shape index (κ2) is 3.96. The summed E-state index contributed by atoms with van der Waals surface area (Å²) in [6.07, 6.45) is 8.67. The molecule has 0 heteroatoms. The Balaban J connectivity index is 2.12. The third-order valence-electron chi connectivity index (χ3n) is 5.29. The Morgan fingerprint density at radius 3 is 2.67 bits per heavy atom. The third-order valence-corrected chi connectivity index (χ3v) is 5.29. The summed E-state index contributed by atoms with van der Waals surface area (Å²) in [4.78, 5) is 0. The molecule has 86 valence electrons. The van der Waals surface area contributed by atoms with Crippen LogP contribution in [0.1, 0.15) is 59.3 Å². The fraction of sp³-hybridized carbons (Fsp3) is 0.867. The molecule has 0 N–H and O–H groups in total. The molecule has 4 atom stereocenters. The minimum Gasteiger partial charge on any atom is -0.0999 e. The van der Waals surface area contributed by atoms with E-state index in [4.69, 9.17) is 0 Å². The molecule has 0 aromatic heterocycles. The first-order valence-corrected chi connectivity index (χ1v) is 6.68. The van der Waals surface area contributed by atoms with Crippen LogP contribution in [0.4, 0.5) is 0 Å². The Morgan fingerprint density at radius 1 is 1.27 bits per heavy atom. The fourth-order valence-electron chi connectivity index (χ4n) is 4.10. The summed E-state index contributed by atoms with van der Waals surface area (Å²) in [5, 5.41) is 0. The van der Waals surface area contributed by atoms with Crippen molar-refractivity contribution in [1.82, 2.24) is 0 Å². The Labute approximate surface area is 95.1 Å². The van der Waals surface area contributed by atoms with Crippen molar-refractivity contribution in [2.75, 3.05) is 0 Å². The summed E-state index contributed by atoms with van der Waals surface area (Å²) in [5.41, 5.74) is 2.10. The zero-order valence-electron chi connectivity index (χ0n) is 10.7. The highest BCUT2D eigenvalue weighted by Gasteiger charge is 2.44. The zero-order valence-corrected chi connectivity index (χ0v) is 10.7. The first-order valence-electron chi connectivity index (χ1n) is 6.68. The van der Waals surface area contributed by atoms with Gasteiger partial charge in [-0.25, -0.2) is 0 Å². The predicted octanol–water partition coefficient (Wildman–Crippen LogP) is 4.81. The zero-order chi connectivity index (χ0) is 11.1. The van der Waals surface area contributed by atoms with E-state index in [1.165, 1.54) is 44.1 Å². The van der Waals surface area contributed by atoms with E-state index in [9.17, 15) is 0 Å². The van der Waals surface area contributed by atoms with Crippen LogP contribution in [0.25, 0.3) is 0 Å². The Kier molecular flexibility index (Phi) is 2.96. The molecule has 0 aromatic carbocycles. The monoisotopic (exact) mass is 206 g/mol. The van der Waals surface area contributed by atoms with Crippen molar-refractivity contribution < 1.29 is 0 Å². The predicted molar refractivity (Wildman–Crippen MR) is 66.8 cm³/mol. The van der Waals surface area contributed by atoms with Crippen molar-refractivity contribution in [3.05, 3.63) is 12.2 Å². The first kappa shape index (κ1) is 11.2. The number of hydrogen-bond donors (Lipinski definition) is 0. The molecule has 1 unspecified atom stereocenters. The van der Waals surface area contributed by atoms with E-state index in [1.54, 1.807) is 0 Å². The van der Waals surface area contributed by atoms with Crippen LogP contribution in [0.15, 0.2) is 12.2 Å². The Bertz CT molecular complexity index is 253. The molecule has 2 fully saturated rings. The van der Waals surface area contributed by atoms with Gasteiger partial charge in [0, 0.05) is 0 Å². The van der Waals surface area contributed by atoms with Gasteiger partial charge >= 0.3 is 0 Å². The molecule has 0 aliphatic heterocycles. The van der Waals surface area contributed by atoms with Crippen molar-refractivity contribution in [3.63, 3.8) is 0 Å². The second-order valence-corrected chi connectivity index (χ2v) is 6.45. The maximum absolute atomic E-state index is 4.16. The van der Waals surface area contributed by atoms with Crippen LogP contribution in [0.5, 0.6) is 0 Å². The fourth-order valence-corrected chi connectivity index (χ4v) is 4.10. The normalized spacial score (nSPS) is 45.9. The first-order chi connectivity index (χ1) is 7.03. The summed E-state index contributed by atoms with van der Waals surface area (Å²) >= 11 is 0. The molecular weight excluding hydrogens is 180 g/mol. The molecule has 0 radical (unpaired) electrons. The van der Waals surface area contributed by atoms with Crippen molar-refractivity contribution >= 4 is 0 Å². The van der Waals surface area contributed by atoms with E-state index in [1.807, 2.05) is 0 Å². The second-order valence-electron chi connectivity index (χ2n) is 6.45. The maximum Gasteiger partial charge on any atom is -0.0206 e. The van der Waals surface area contributed by atoms with E-state index in [2.05, 4.69) is 27.4 Å². The summed E-state index contributed by atoms with van der Waals surface area (Å²) in [7, 11) is 0. The van der Waals surface area contributed by atoms with E-state index in [0.717, 1.165) is 17.8 Å². The van der Waals surface area contributed by atoms with Crippen molar-refractivity contribution in [2.24, 2.45) is 23.2 Å². The molecule has 15 heavy (non-hydrogen) atoms. The van der Waals surface area contributed by atoms with E-state index >= 15 is 0 Å². The summed E-state index contributed by atoms with van der Waals surface area (Å²) in [5.74, 6) is 2.75. The summed E-state index contributed by atoms with van der Waals surface area (Å²) < 4.78 is 0. The number of allylic oxidation sites excluding steroid dienone is 1. The molecule has 2 aliphatic rings. The molecule has 0 amide bonds. The third kappa shape index (κ3) is 2.00. The Hall–Kier alpha value is -0.260. The van der Waals surface area contributed by atoms with Gasteiger partial charge in [0.1, 0.15) is 0 Å². The van der Waals surface area contributed by atoms with Gasteiger partial charge in [-0.1, -0.05) is 38.8 Å². The molecule has 2 rings (SSSR count). The molecule has 0 nitrogen and oxygen atoms in total. The number of hydrogen-bond acceptors (Lipinski definition) is 0. The average Bonchev–Trinajstić information content (AvgIpc) is 2.17. The SMILES string of the molecule is C=C(C)[C@@H]1CC[C@@]2(C)CCCC(C)[C@H]2C1. The van der Waals surface area contributed by atoms with E-state index < -0.39 is 0 Å². The van der Waals surface area contributed by atoms with Gasteiger partial charge in [0.05, 0.1) is 0 Å². The molecular formula is C15H26. The molecule has 0 aromatic rings. The molecule has 0 heterocycles. The quantitative estimate of drug-likeness (QED) is 0.540. The number of fused-ring (bicyclic) bond motifs is 1. The lowest BCUT2D eigenvalue weighted by molar-refractivity contribution is 0.00732.